The van der Waals surface area contributed by atoms with Gasteiger partial charge in [-0.3, -0.25) is 9.59 Å². The Balaban J connectivity index is 1.75. The maximum absolute atomic E-state index is 12.9. The quantitative estimate of drug-likeness (QED) is 0.671. The second-order valence-electron chi connectivity index (χ2n) is 6.67. The summed E-state index contributed by atoms with van der Waals surface area (Å²) in [6.07, 6.45) is 0.324. The van der Waals surface area contributed by atoms with Crippen molar-refractivity contribution >= 4 is 33.8 Å². The van der Waals surface area contributed by atoms with Crippen molar-refractivity contribution < 1.29 is 14.3 Å². The van der Waals surface area contributed by atoms with E-state index in [2.05, 4.69) is 10.6 Å². The molecule has 4 rings (SSSR count). The van der Waals surface area contributed by atoms with Crippen molar-refractivity contribution in [1.29, 1.82) is 0 Å². The summed E-state index contributed by atoms with van der Waals surface area (Å²) in [4.78, 5) is 25.8. The Kier molecular flexibility index (Phi) is 4.88. The molecule has 1 aliphatic heterocycles. The van der Waals surface area contributed by atoms with Crippen LogP contribution in [0.3, 0.4) is 0 Å². The van der Waals surface area contributed by atoms with Gasteiger partial charge < -0.3 is 15.4 Å². The lowest BCUT2D eigenvalue weighted by atomic mass is 9.84. The van der Waals surface area contributed by atoms with Gasteiger partial charge in [0.05, 0.1) is 17.0 Å². The molecule has 1 atom stereocenters. The van der Waals surface area contributed by atoms with Gasteiger partial charge in [-0.05, 0) is 36.2 Å². The number of methoxy groups -OCH3 is 1. The molecule has 6 heteroatoms. The second kappa shape index (κ2) is 7.48. The Morgan fingerprint density at radius 1 is 1.14 bits per heavy atom. The molecule has 1 aliphatic rings. The molecule has 0 spiro atoms. The molecule has 0 unspecified atom stereocenters. The molecular weight excluding hydrogens is 372 g/mol. The van der Waals surface area contributed by atoms with Gasteiger partial charge in [-0.1, -0.05) is 36.4 Å². The summed E-state index contributed by atoms with van der Waals surface area (Å²) >= 11 is 1.32. The number of fused-ring (bicyclic) bond motifs is 1. The van der Waals surface area contributed by atoms with E-state index in [1.807, 2.05) is 61.5 Å². The number of hydrogen-bond donors (Lipinski definition) is 2. The van der Waals surface area contributed by atoms with Gasteiger partial charge >= 0.3 is 0 Å². The van der Waals surface area contributed by atoms with Crippen LogP contribution in [-0.2, 0) is 4.79 Å². The standard InChI is InChI=1S/C22H20N2O3S/c1-13-19-16(15-10-6-7-11-17(15)27-2)12-18(25)24-22(19)28-20(13)21(26)23-14-8-4-3-5-9-14/h3-11,16H,12H2,1-2H3,(H,23,26)(H,24,25)/t16-/m0/s1. The average molecular weight is 392 g/mol. The number of ether oxygens (including phenoxy) is 1. The van der Waals surface area contributed by atoms with E-state index in [4.69, 9.17) is 4.74 Å². The molecule has 0 fully saturated rings. The minimum absolute atomic E-state index is 0.0559. The van der Waals surface area contributed by atoms with Gasteiger partial charge in [-0.15, -0.1) is 11.3 Å². The minimum atomic E-state index is -0.170. The third kappa shape index (κ3) is 3.27. The molecule has 5 nitrogen and oxygen atoms in total. The molecule has 0 radical (unpaired) electrons. The number of carbonyl (C=O) groups excluding carboxylic acids is 2. The molecule has 142 valence electrons. The number of amides is 2. The minimum Gasteiger partial charge on any atom is -0.496 e. The van der Waals surface area contributed by atoms with Gasteiger partial charge in [0, 0.05) is 23.6 Å². The highest BCUT2D eigenvalue weighted by Crippen LogP contribution is 2.47. The zero-order chi connectivity index (χ0) is 19.7. The largest absolute Gasteiger partial charge is 0.496 e. The van der Waals surface area contributed by atoms with E-state index < -0.39 is 0 Å². The summed E-state index contributed by atoms with van der Waals surface area (Å²) < 4.78 is 5.51. The van der Waals surface area contributed by atoms with Gasteiger partial charge in [0.2, 0.25) is 5.91 Å². The number of benzene rings is 2. The number of hydrogen-bond acceptors (Lipinski definition) is 4. The van der Waals surface area contributed by atoms with Crippen LogP contribution in [-0.4, -0.2) is 18.9 Å². The molecule has 2 heterocycles. The normalized spacial score (nSPS) is 15.5. The van der Waals surface area contributed by atoms with E-state index in [0.29, 0.717) is 11.3 Å². The van der Waals surface area contributed by atoms with Crippen molar-refractivity contribution in [2.45, 2.75) is 19.3 Å². The number of thiophene rings is 1. The van der Waals surface area contributed by atoms with E-state index in [9.17, 15) is 9.59 Å². The Labute approximate surface area is 167 Å². The molecule has 0 aliphatic carbocycles. The fourth-order valence-corrected chi connectivity index (χ4v) is 4.83. The number of carbonyl (C=O) groups is 2. The first-order valence-corrected chi connectivity index (χ1v) is 9.82. The van der Waals surface area contributed by atoms with Gasteiger partial charge in [0.1, 0.15) is 5.75 Å². The summed E-state index contributed by atoms with van der Waals surface area (Å²) in [6, 6.07) is 17.1. The summed E-state index contributed by atoms with van der Waals surface area (Å²) in [5.41, 5.74) is 3.58. The molecule has 1 aromatic heterocycles. The molecule has 2 N–H and O–H groups in total. The van der Waals surface area contributed by atoms with E-state index >= 15 is 0 Å². The molecule has 2 aromatic carbocycles. The number of nitrogens with one attached hydrogen (secondary N) is 2. The van der Waals surface area contributed by atoms with E-state index in [-0.39, 0.29) is 17.7 Å². The Morgan fingerprint density at radius 2 is 1.86 bits per heavy atom. The topological polar surface area (TPSA) is 67.4 Å². The van der Waals surface area contributed by atoms with Gasteiger partial charge in [-0.25, -0.2) is 0 Å². The van der Waals surface area contributed by atoms with Crippen LogP contribution < -0.4 is 15.4 Å². The van der Waals surface area contributed by atoms with Crippen LogP contribution in [0.15, 0.2) is 54.6 Å². The predicted molar refractivity (Wildman–Crippen MR) is 112 cm³/mol. The first kappa shape index (κ1) is 18.3. The monoisotopic (exact) mass is 392 g/mol. The first-order chi connectivity index (χ1) is 13.6. The summed E-state index contributed by atoms with van der Waals surface area (Å²) in [7, 11) is 1.63. The highest BCUT2D eigenvalue weighted by molar-refractivity contribution is 7.18. The first-order valence-electron chi connectivity index (χ1n) is 9.01. The molecule has 3 aromatic rings. The average Bonchev–Trinajstić information content (AvgIpc) is 3.04. The van der Waals surface area contributed by atoms with E-state index in [1.54, 1.807) is 7.11 Å². The number of anilines is 2. The van der Waals surface area contributed by atoms with E-state index in [1.165, 1.54) is 11.3 Å². The van der Waals surface area contributed by atoms with Crippen LogP contribution in [0.5, 0.6) is 5.75 Å². The van der Waals surface area contributed by atoms with Crippen molar-refractivity contribution in [3.63, 3.8) is 0 Å². The summed E-state index contributed by atoms with van der Waals surface area (Å²) in [6.45, 7) is 1.94. The molecule has 0 saturated carbocycles. The Bertz CT molecular complexity index is 1040. The van der Waals surface area contributed by atoms with Gasteiger partial charge in [0.25, 0.3) is 5.91 Å². The lowest BCUT2D eigenvalue weighted by Gasteiger charge is -2.25. The number of rotatable bonds is 4. The van der Waals surface area contributed by atoms with Crippen LogP contribution in [0, 0.1) is 6.92 Å². The molecule has 28 heavy (non-hydrogen) atoms. The van der Waals surface area contributed by atoms with Crippen molar-refractivity contribution in [3.8, 4) is 5.75 Å². The van der Waals surface area contributed by atoms with Crippen LogP contribution in [0.1, 0.15) is 38.7 Å². The molecular formula is C22H20N2O3S. The second-order valence-corrected chi connectivity index (χ2v) is 7.69. The zero-order valence-electron chi connectivity index (χ0n) is 15.6. The van der Waals surface area contributed by atoms with Crippen LogP contribution in [0.2, 0.25) is 0 Å². The zero-order valence-corrected chi connectivity index (χ0v) is 16.4. The fourth-order valence-electron chi connectivity index (χ4n) is 3.65. The van der Waals surface area contributed by atoms with Crippen molar-refractivity contribution in [3.05, 3.63) is 76.2 Å². The Morgan fingerprint density at radius 3 is 2.61 bits per heavy atom. The summed E-state index contributed by atoms with van der Waals surface area (Å²) in [5.74, 6) is 0.374. The van der Waals surface area contributed by atoms with E-state index in [0.717, 1.165) is 33.1 Å². The third-order valence-electron chi connectivity index (χ3n) is 4.94. The molecule has 2 amide bonds. The van der Waals surface area contributed by atoms with Crippen LogP contribution >= 0.6 is 11.3 Å². The van der Waals surface area contributed by atoms with Crippen LogP contribution in [0.4, 0.5) is 10.7 Å². The van der Waals surface area contributed by atoms with Crippen LogP contribution in [0.25, 0.3) is 0 Å². The van der Waals surface area contributed by atoms with Gasteiger partial charge in [-0.2, -0.15) is 0 Å². The number of para-hydroxylation sites is 2. The lowest BCUT2D eigenvalue weighted by molar-refractivity contribution is -0.116. The maximum atomic E-state index is 12.9. The molecule has 0 bridgehead atoms. The highest BCUT2D eigenvalue weighted by Gasteiger charge is 2.34. The van der Waals surface area contributed by atoms with Crippen molar-refractivity contribution in [2.24, 2.45) is 0 Å². The highest BCUT2D eigenvalue weighted by atomic mass is 32.1. The fraction of sp³-hybridized carbons (Fsp3) is 0.182. The Hall–Kier alpha value is -3.12. The van der Waals surface area contributed by atoms with Crippen molar-refractivity contribution in [2.75, 3.05) is 17.7 Å². The lowest BCUT2D eigenvalue weighted by Crippen LogP contribution is -2.23. The summed E-state index contributed by atoms with van der Waals surface area (Å²) in [5, 5.41) is 6.61. The SMILES string of the molecule is COc1ccccc1[C@@H]1CC(=O)Nc2sc(C(=O)Nc3ccccc3)c(C)c21. The van der Waals surface area contributed by atoms with Gasteiger partial charge in [0.15, 0.2) is 0 Å². The molecule has 0 saturated heterocycles. The smallest absolute Gasteiger partial charge is 0.266 e. The third-order valence-corrected chi connectivity index (χ3v) is 6.16. The van der Waals surface area contributed by atoms with Crippen molar-refractivity contribution in [1.82, 2.24) is 0 Å². The maximum Gasteiger partial charge on any atom is 0.266 e. The predicted octanol–water partition coefficient (Wildman–Crippen LogP) is 4.79.